The summed E-state index contributed by atoms with van der Waals surface area (Å²) in [6.07, 6.45) is 4.73. The number of hydrogen-bond donors (Lipinski definition) is 1. The van der Waals surface area contributed by atoms with E-state index in [9.17, 15) is 14.7 Å². The van der Waals surface area contributed by atoms with Gasteiger partial charge in [-0.15, -0.1) is 0 Å². The summed E-state index contributed by atoms with van der Waals surface area (Å²) in [6.45, 7) is 0. The first-order chi connectivity index (χ1) is 11.5. The van der Waals surface area contributed by atoms with Crippen molar-refractivity contribution in [2.24, 2.45) is 0 Å². The molecule has 24 heavy (non-hydrogen) atoms. The van der Waals surface area contributed by atoms with Crippen LogP contribution in [0.1, 0.15) is 5.56 Å². The topological polar surface area (TPSA) is 79.7 Å². The minimum Gasteiger partial charge on any atom is -0.504 e. The summed E-state index contributed by atoms with van der Waals surface area (Å²) in [5, 5.41) is 9.72. The van der Waals surface area contributed by atoms with Crippen molar-refractivity contribution in [3.63, 3.8) is 0 Å². The molecule has 1 aromatic carbocycles. The first-order valence-electron chi connectivity index (χ1n) is 6.77. The molecular formula is C16H11BrN2O4S. The van der Waals surface area contributed by atoms with Crippen LogP contribution < -0.4 is 4.74 Å². The quantitative estimate of drug-likeness (QED) is 0.775. The van der Waals surface area contributed by atoms with E-state index in [4.69, 9.17) is 4.74 Å². The Balaban J connectivity index is 1.96. The Labute approximate surface area is 150 Å². The molecule has 0 aliphatic carbocycles. The second kappa shape index (κ2) is 6.66. The predicted molar refractivity (Wildman–Crippen MR) is 93.9 cm³/mol. The van der Waals surface area contributed by atoms with E-state index in [2.05, 4.69) is 20.9 Å². The lowest BCUT2D eigenvalue weighted by Gasteiger charge is -2.10. The molecule has 122 valence electrons. The van der Waals surface area contributed by atoms with Crippen LogP contribution >= 0.6 is 27.7 Å². The zero-order valence-electron chi connectivity index (χ0n) is 12.4. The number of carbonyl (C=O) groups excluding carboxylic acids is 2. The number of imide groups is 1. The highest BCUT2D eigenvalue weighted by molar-refractivity contribution is 9.10. The van der Waals surface area contributed by atoms with Crippen LogP contribution in [0.15, 0.2) is 46.0 Å². The van der Waals surface area contributed by atoms with Crippen LogP contribution in [0.2, 0.25) is 0 Å². The number of hydrogen-bond acceptors (Lipinski definition) is 6. The third kappa shape index (κ3) is 3.29. The highest BCUT2D eigenvalue weighted by atomic mass is 79.9. The maximum Gasteiger partial charge on any atom is 0.293 e. The third-order valence-electron chi connectivity index (χ3n) is 3.23. The Hall–Kier alpha value is -2.32. The lowest BCUT2D eigenvalue weighted by Crippen LogP contribution is -2.22. The number of halogens is 1. The molecule has 1 N–H and O–H groups in total. The molecule has 2 amide bonds. The molecule has 6 nitrogen and oxygen atoms in total. The molecule has 2 heterocycles. The monoisotopic (exact) mass is 406 g/mol. The van der Waals surface area contributed by atoms with E-state index in [-0.39, 0.29) is 22.6 Å². The molecular weight excluding hydrogens is 396 g/mol. The molecule has 0 atom stereocenters. The smallest absolute Gasteiger partial charge is 0.293 e. The van der Waals surface area contributed by atoms with E-state index < -0.39 is 0 Å². The molecule has 1 saturated heterocycles. The molecule has 0 saturated carbocycles. The van der Waals surface area contributed by atoms with E-state index >= 15 is 0 Å². The lowest BCUT2D eigenvalue weighted by atomic mass is 10.2. The number of phenolic OH excluding ortho intramolecular Hbond substituents is 1. The summed E-state index contributed by atoms with van der Waals surface area (Å²) in [5.41, 5.74) is 0.607. The van der Waals surface area contributed by atoms with Gasteiger partial charge in [0.05, 0.1) is 4.91 Å². The zero-order valence-corrected chi connectivity index (χ0v) is 14.8. The molecule has 1 fully saturated rings. The van der Waals surface area contributed by atoms with E-state index in [0.29, 0.717) is 20.7 Å². The fraction of sp³-hybridized carbons (Fsp3) is 0.0625. The maximum absolute atomic E-state index is 12.0. The van der Waals surface area contributed by atoms with E-state index in [1.807, 2.05) is 0 Å². The Morgan fingerprint density at radius 1 is 1.29 bits per heavy atom. The van der Waals surface area contributed by atoms with Crippen molar-refractivity contribution in [1.29, 1.82) is 0 Å². The Kier molecular flexibility index (Phi) is 4.59. The van der Waals surface area contributed by atoms with Crippen molar-refractivity contribution in [2.75, 3.05) is 7.05 Å². The molecule has 3 rings (SSSR count). The zero-order chi connectivity index (χ0) is 17.3. The van der Waals surface area contributed by atoms with Gasteiger partial charge in [-0.25, -0.2) is 0 Å². The number of ether oxygens (including phenoxy) is 1. The van der Waals surface area contributed by atoms with Gasteiger partial charge in [-0.2, -0.15) is 0 Å². The average molecular weight is 407 g/mol. The normalized spacial score (nSPS) is 16.1. The van der Waals surface area contributed by atoms with E-state index in [1.165, 1.54) is 13.1 Å². The van der Waals surface area contributed by atoms with Crippen molar-refractivity contribution < 1.29 is 19.4 Å². The lowest BCUT2D eigenvalue weighted by molar-refractivity contribution is -0.121. The van der Waals surface area contributed by atoms with Crippen LogP contribution in [0, 0.1) is 0 Å². The number of phenols is 1. The SMILES string of the molecule is CN1C(=O)S/C(=C\c2cc(Oc3ccncc3)c(O)cc2Br)C1=O. The number of pyridine rings is 1. The van der Waals surface area contributed by atoms with Gasteiger partial charge in [-0.3, -0.25) is 19.5 Å². The Bertz CT molecular complexity index is 855. The van der Waals surface area contributed by atoms with Gasteiger partial charge in [0.1, 0.15) is 5.75 Å². The number of rotatable bonds is 3. The number of thioether (sulfide) groups is 1. The molecule has 0 radical (unpaired) electrons. The number of nitrogens with zero attached hydrogens (tertiary/aromatic N) is 2. The van der Waals surface area contributed by atoms with Crippen LogP contribution in [0.5, 0.6) is 17.2 Å². The molecule has 1 aliphatic heterocycles. The second-order valence-electron chi connectivity index (χ2n) is 4.87. The second-order valence-corrected chi connectivity index (χ2v) is 6.71. The van der Waals surface area contributed by atoms with Gasteiger partial charge >= 0.3 is 0 Å². The fourth-order valence-corrected chi connectivity index (χ4v) is 3.23. The fourth-order valence-electron chi connectivity index (χ4n) is 1.97. The maximum atomic E-state index is 12.0. The number of aromatic nitrogens is 1. The van der Waals surface area contributed by atoms with E-state index in [0.717, 1.165) is 16.7 Å². The van der Waals surface area contributed by atoms with Crippen LogP contribution in [-0.2, 0) is 4.79 Å². The Morgan fingerprint density at radius 2 is 2.00 bits per heavy atom. The summed E-state index contributed by atoms with van der Waals surface area (Å²) in [6, 6.07) is 6.37. The van der Waals surface area contributed by atoms with Gasteiger partial charge in [-0.05, 0) is 47.7 Å². The molecule has 8 heteroatoms. The highest BCUT2D eigenvalue weighted by Gasteiger charge is 2.32. The van der Waals surface area contributed by atoms with Gasteiger partial charge in [-0.1, -0.05) is 15.9 Å². The number of likely N-dealkylation sites (N-methyl/N-ethyl adjacent to an activating group) is 1. The Morgan fingerprint density at radius 3 is 2.62 bits per heavy atom. The van der Waals surface area contributed by atoms with Crippen LogP contribution in [0.3, 0.4) is 0 Å². The number of aromatic hydroxyl groups is 1. The summed E-state index contributed by atoms with van der Waals surface area (Å²) in [4.78, 5) is 28.8. The first-order valence-corrected chi connectivity index (χ1v) is 8.38. The minimum atomic E-state index is -0.360. The van der Waals surface area contributed by atoms with Crippen molar-refractivity contribution in [3.05, 3.63) is 51.6 Å². The number of carbonyl (C=O) groups is 2. The highest BCUT2D eigenvalue weighted by Crippen LogP contribution is 2.38. The van der Waals surface area contributed by atoms with Crippen molar-refractivity contribution in [2.45, 2.75) is 0 Å². The number of benzene rings is 1. The van der Waals surface area contributed by atoms with Crippen molar-refractivity contribution >= 4 is 44.9 Å². The predicted octanol–water partition coefficient (Wildman–Crippen LogP) is 4.01. The van der Waals surface area contributed by atoms with Crippen LogP contribution in [0.4, 0.5) is 4.79 Å². The summed E-state index contributed by atoms with van der Waals surface area (Å²) >= 11 is 4.20. The largest absolute Gasteiger partial charge is 0.504 e. The van der Waals surface area contributed by atoms with Crippen molar-refractivity contribution in [3.8, 4) is 17.2 Å². The van der Waals surface area contributed by atoms with E-state index in [1.54, 1.807) is 36.7 Å². The standard InChI is InChI=1S/C16H11BrN2O4S/c1-19-15(21)14(24-16(19)22)7-9-6-13(12(20)8-11(9)17)23-10-2-4-18-5-3-10/h2-8,20H,1H3/b14-7-. The summed E-state index contributed by atoms with van der Waals surface area (Å²) in [7, 11) is 1.43. The van der Waals surface area contributed by atoms with Gasteiger partial charge < -0.3 is 9.84 Å². The van der Waals surface area contributed by atoms with Gasteiger partial charge in [0.25, 0.3) is 11.1 Å². The minimum absolute atomic E-state index is 0.0561. The van der Waals surface area contributed by atoms with Gasteiger partial charge in [0.2, 0.25) is 0 Å². The molecule has 2 aromatic rings. The summed E-state index contributed by atoms with van der Waals surface area (Å²) < 4.78 is 6.20. The molecule has 1 aromatic heterocycles. The number of amides is 2. The molecule has 0 bridgehead atoms. The summed E-state index contributed by atoms with van der Waals surface area (Å²) in [5.74, 6) is 0.329. The first kappa shape index (κ1) is 16.5. The van der Waals surface area contributed by atoms with Crippen molar-refractivity contribution in [1.82, 2.24) is 9.88 Å². The molecule has 0 spiro atoms. The average Bonchev–Trinajstić information content (AvgIpc) is 2.80. The van der Waals surface area contributed by atoms with Gasteiger partial charge in [0.15, 0.2) is 11.5 Å². The molecule has 0 unspecified atom stereocenters. The van der Waals surface area contributed by atoms with Gasteiger partial charge in [0, 0.05) is 23.9 Å². The van der Waals surface area contributed by atoms with Crippen LogP contribution in [-0.4, -0.2) is 33.2 Å². The van der Waals surface area contributed by atoms with Crippen LogP contribution in [0.25, 0.3) is 6.08 Å². The molecule has 1 aliphatic rings. The third-order valence-corrected chi connectivity index (χ3v) is 4.88.